The van der Waals surface area contributed by atoms with Crippen molar-refractivity contribution in [3.05, 3.63) is 54.2 Å². The molecule has 1 N–H and O–H groups in total. The molecule has 2 aromatic heterocycles. The number of aromatic nitrogens is 1. The molecule has 3 rings (SSSR count). The maximum absolute atomic E-state index is 13.0. The summed E-state index contributed by atoms with van der Waals surface area (Å²) in [4.78, 5) is 19.3. The van der Waals surface area contributed by atoms with Crippen LogP contribution < -0.4 is 5.32 Å². The molecular formula is C19H25N3O2. The highest BCUT2D eigenvalue weighted by Gasteiger charge is 2.38. The zero-order valence-electron chi connectivity index (χ0n) is 14.5. The fourth-order valence-corrected chi connectivity index (χ4v) is 3.03. The third kappa shape index (κ3) is 3.61. The normalized spacial score (nSPS) is 16.7. The van der Waals surface area contributed by atoms with E-state index in [-0.39, 0.29) is 24.0 Å². The summed E-state index contributed by atoms with van der Waals surface area (Å²) in [7, 11) is 0. The van der Waals surface area contributed by atoms with Crippen LogP contribution in [0.4, 0.5) is 4.79 Å². The number of pyridine rings is 1. The van der Waals surface area contributed by atoms with Crippen molar-refractivity contribution in [2.45, 2.75) is 51.7 Å². The van der Waals surface area contributed by atoms with E-state index in [4.69, 9.17) is 4.42 Å². The first-order valence-electron chi connectivity index (χ1n) is 8.61. The lowest BCUT2D eigenvalue weighted by molar-refractivity contribution is 0.159. The van der Waals surface area contributed by atoms with Crippen LogP contribution in [-0.4, -0.2) is 22.0 Å². The molecule has 2 aromatic rings. The van der Waals surface area contributed by atoms with Gasteiger partial charge in [0.15, 0.2) is 0 Å². The Labute approximate surface area is 143 Å². The van der Waals surface area contributed by atoms with Crippen LogP contribution in [0, 0.1) is 5.92 Å². The predicted molar refractivity (Wildman–Crippen MR) is 92.3 cm³/mol. The second-order valence-electron chi connectivity index (χ2n) is 6.76. The Kier molecular flexibility index (Phi) is 4.88. The zero-order chi connectivity index (χ0) is 17.1. The molecule has 5 heteroatoms. The van der Waals surface area contributed by atoms with E-state index in [1.54, 1.807) is 12.5 Å². The molecule has 0 saturated heterocycles. The molecule has 0 aromatic carbocycles. The predicted octanol–water partition coefficient (Wildman–Crippen LogP) is 4.31. The standard InChI is InChI=1S/C19H25N3O2/c1-13(2)18(16-7-4-5-11-20-16)21-19(23)22(15-9-10-15)14(3)17-8-6-12-24-17/h4-8,11-15,18H,9-10H2,1-3H3,(H,21,23)/t14-,18+/m0/s1. The number of hydrogen-bond donors (Lipinski definition) is 1. The Morgan fingerprint density at radius 3 is 2.58 bits per heavy atom. The Balaban J connectivity index is 1.77. The van der Waals surface area contributed by atoms with Gasteiger partial charge in [-0.15, -0.1) is 0 Å². The molecule has 1 aliphatic carbocycles. The van der Waals surface area contributed by atoms with Gasteiger partial charge in [0.2, 0.25) is 0 Å². The topological polar surface area (TPSA) is 58.4 Å². The van der Waals surface area contributed by atoms with Crippen LogP contribution in [0.1, 0.15) is 57.2 Å². The van der Waals surface area contributed by atoms with E-state index in [9.17, 15) is 4.79 Å². The smallest absolute Gasteiger partial charge is 0.318 e. The van der Waals surface area contributed by atoms with E-state index in [2.05, 4.69) is 24.1 Å². The van der Waals surface area contributed by atoms with E-state index in [1.165, 1.54) is 0 Å². The van der Waals surface area contributed by atoms with Gasteiger partial charge in [-0.2, -0.15) is 0 Å². The first kappa shape index (κ1) is 16.6. The first-order valence-corrected chi connectivity index (χ1v) is 8.61. The lowest BCUT2D eigenvalue weighted by atomic mass is 10.0. The summed E-state index contributed by atoms with van der Waals surface area (Å²) in [5.41, 5.74) is 0.891. The molecule has 0 bridgehead atoms. The first-order chi connectivity index (χ1) is 11.6. The Hall–Kier alpha value is -2.30. The molecule has 0 radical (unpaired) electrons. The van der Waals surface area contributed by atoms with Gasteiger partial charge in [-0.1, -0.05) is 19.9 Å². The number of nitrogens with one attached hydrogen (secondary N) is 1. The van der Waals surface area contributed by atoms with Gasteiger partial charge >= 0.3 is 6.03 Å². The molecule has 5 nitrogen and oxygen atoms in total. The van der Waals surface area contributed by atoms with Gasteiger partial charge in [0.05, 0.1) is 24.0 Å². The summed E-state index contributed by atoms with van der Waals surface area (Å²) in [6.07, 6.45) is 5.52. The van der Waals surface area contributed by atoms with E-state index in [1.807, 2.05) is 42.2 Å². The molecule has 128 valence electrons. The minimum atomic E-state index is -0.108. The number of carbonyl (C=O) groups is 1. The van der Waals surface area contributed by atoms with Crippen molar-refractivity contribution in [2.75, 3.05) is 0 Å². The molecule has 0 unspecified atom stereocenters. The minimum Gasteiger partial charge on any atom is -0.467 e. The molecule has 1 fully saturated rings. The van der Waals surface area contributed by atoms with E-state index in [0.717, 1.165) is 24.3 Å². The highest BCUT2D eigenvalue weighted by molar-refractivity contribution is 5.76. The highest BCUT2D eigenvalue weighted by atomic mass is 16.3. The van der Waals surface area contributed by atoms with Gasteiger partial charge in [-0.25, -0.2) is 4.79 Å². The van der Waals surface area contributed by atoms with E-state index in [0.29, 0.717) is 6.04 Å². The van der Waals surface area contributed by atoms with Crippen molar-refractivity contribution < 1.29 is 9.21 Å². The Morgan fingerprint density at radius 2 is 2.04 bits per heavy atom. The van der Waals surface area contributed by atoms with E-state index >= 15 is 0 Å². The molecule has 0 aliphatic heterocycles. The molecule has 0 spiro atoms. The number of furan rings is 1. The third-order valence-electron chi connectivity index (χ3n) is 4.50. The van der Waals surface area contributed by atoms with E-state index < -0.39 is 0 Å². The van der Waals surface area contributed by atoms with Gasteiger partial charge in [-0.3, -0.25) is 4.98 Å². The number of amides is 2. The maximum atomic E-state index is 13.0. The van der Waals surface area contributed by atoms with Gasteiger partial charge in [0, 0.05) is 12.2 Å². The summed E-state index contributed by atoms with van der Waals surface area (Å²) in [5.74, 6) is 1.07. The number of nitrogens with zero attached hydrogens (tertiary/aromatic N) is 2. The Morgan fingerprint density at radius 1 is 1.25 bits per heavy atom. The van der Waals surface area contributed by atoms with Crippen LogP contribution in [0.3, 0.4) is 0 Å². The quantitative estimate of drug-likeness (QED) is 0.860. The average Bonchev–Trinajstić information content (AvgIpc) is 3.25. The SMILES string of the molecule is CC(C)[C@@H](NC(=O)N(C1CC1)[C@@H](C)c1ccco1)c1ccccn1. The van der Waals surface area contributed by atoms with Crippen LogP contribution in [0.25, 0.3) is 0 Å². The van der Waals surface area contributed by atoms with Crippen LogP contribution in [0.5, 0.6) is 0 Å². The second kappa shape index (κ2) is 7.07. The monoisotopic (exact) mass is 327 g/mol. The maximum Gasteiger partial charge on any atom is 0.318 e. The average molecular weight is 327 g/mol. The molecule has 2 atom stereocenters. The summed E-state index contributed by atoms with van der Waals surface area (Å²) < 4.78 is 5.51. The molecule has 2 amide bonds. The van der Waals surface area contributed by atoms with Crippen LogP contribution in [0.15, 0.2) is 47.2 Å². The van der Waals surface area contributed by atoms with Crippen molar-refractivity contribution in [1.29, 1.82) is 0 Å². The number of hydrogen-bond acceptors (Lipinski definition) is 3. The molecule has 1 aliphatic rings. The van der Waals surface area contributed by atoms with Crippen LogP contribution >= 0.6 is 0 Å². The van der Waals surface area contributed by atoms with Crippen molar-refractivity contribution in [1.82, 2.24) is 15.2 Å². The fourth-order valence-electron chi connectivity index (χ4n) is 3.03. The van der Waals surface area contributed by atoms with Gasteiger partial charge in [0.1, 0.15) is 5.76 Å². The largest absolute Gasteiger partial charge is 0.467 e. The molecular weight excluding hydrogens is 302 g/mol. The summed E-state index contributed by atoms with van der Waals surface area (Å²) in [6.45, 7) is 6.20. The minimum absolute atomic E-state index is 0.0502. The third-order valence-corrected chi connectivity index (χ3v) is 4.50. The summed E-state index contributed by atoms with van der Waals surface area (Å²) in [5, 5.41) is 3.18. The van der Waals surface area contributed by atoms with Crippen LogP contribution in [-0.2, 0) is 0 Å². The fraction of sp³-hybridized carbons (Fsp3) is 0.474. The zero-order valence-corrected chi connectivity index (χ0v) is 14.5. The van der Waals surface area contributed by atoms with Crippen molar-refractivity contribution in [2.24, 2.45) is 5.92 Å². The van der Waals surface area contributed by atoms with Crippen LogP contribution in [0.2, 0.25) is 0 Å². The Bertz CT molecular complexity index is 651. The lowest BCUT2D eigenvalue weighted by Gasteiger charge is -2.31. The van der Waals surface area contributed by atoms with Crippen molar-refractivity contribution >= 4 is 6.03 Å². The molecule has 1 saturated carbocycles. The molecule has 2 heterocycles. The summed E-state index contributed by atoms with van der Waals surface area (Å²) >= 11 is 0. The number of carbonyl (C=O) groups excluding carboxylic acids is 1. The van der Waals surface area contributed by atoms with Crippen molar-refractivity contribution in [3.8, 4) is 0 Å². The van der Waals surface area contributed by atoms with Gasteiger partial charge < -0.3 is 14.6 Å². The number of urea groups is 1. The molecule has 24 heavy (non-hydrogen) atoms. The van der Waals surface area contributed by atoms with Gasteiger partial charge in [-0.05, 0) is 49.9 Å². The second-order valence-corrected chi connectivity index (χ2v) is 6.76. The van der Waals surface area contributed by atoms with Crippen molar-refractivity contribution in [3.63, 3.8) is 0 Å². The summed E-state index contributed by atoms with van der Waals surface area (Å²) in [6, 6.07) is 9.64. The lowest BCUT2D eigenvalue weighted by Crippen LogP contribution is -2.45. The van der Waals surface area contributed by atoms with Gasteiger partial charge in [0.25, 0.3) is 0 Å². The number of rotatable bonds is 6. The highest BCUT2D eigenvalue weighted by Crippen LogP contribution is 2.35.